The van der Waals surface area contributed by atoms with E-state index in [0.29, 0.717) is 31.0 Å². The molecule has 168 valence electrons. The van der Waals surface area contributed by atoms with Gasteiger partial charge in [0, 0.05) is 18.4 Å². The molecule has 0 atom stereocenters. The first-order valence-corrected chi connectivity index (χ1v) is 11.2. The number of carbonyl (C=O) groups is 1. The Labute approximate surface area is 192 Å². The van der Waals surface area contributed by atoms with Gasteiger partial charge in [-0.15, -0.1) is 10.2 Å². The number of nitrogens with one attached hydrogen (secondary N) is 1. The van der Waals surface area contributed by atoms with Gasteiger partial charge < -0.3 is 0 Å². The van der Waals surface area contributed by atoms with Gasteiger partial charge >= 0.3 is 0 Å². The van der Waals surface area contributed by atoms with Crippen LogP contribution in [0.2, 0.25) is 0 Å². The molecule has 2 aromatic heterocycles. The molecule has 2 heterocycles. The molecule has 0 saturated heterocycles. The molecular weight excluding hydrogens is 414 g/mol. The van der Waals surface area contributed by atoms with Crippen molar-refractivity contribution in [2.45, 2.75) is 46.1 Å². The minimum absolute atomic E-state index is 0.00573. The van der Waals surface area contributed by atoms with Crippen LogP contribution in [0.3, 0.4) is 0 Å². The van der Waals surface area contributed by atoms with E-state index in [-0.39, 0.29) is 5.78 Å². The maximum Gasteiger partial charge on any atom is 0.217 e. The lowest BCUT2D eigenvalue weighted by Gasteiger charge is -2.09. The number of ketones is 1. The predicted octanol–water partition coefficient (Wildman–Crippen LogP) is 4.67. The molecule has 33 heavy (non-hydrogen) atoms. The predicted molar refractivity (Wildman–Crippen MR) is 127 cm³/mol. The van der Waals surface area contributed by atoms with Crippen molar-refractivity contribution in [3.63, 3.8) is 0 Å². The summed E-state index contributed by atoms with van der Waals surface area (Å²) in [5, 5.41) is 18.8. The van der Waals surface area contributed by atoms with Crippen LogP contribution in [0.25, 0.3) is 22.5 Å². The maximum atomic E-state index is 12.5. The second-order valence-electron chi connectivity index (χ2n) is 7.80. The molecule has 1 N–H and O–H groups in total. The monoisotopic (exact) mass is 441 g/mol. The number of carbonyl (C=O) groups excluding carboxylic acids is 1. The van der Waals surface area contributed by atoms with Gasteiger partial charge in [-0.25, -0.2) is 14.8 Å². The summed E-state index contributed by atoms with van der Waals surface area (Å²) in [6, 6.07) is 16.3. The summed E-state index contributed by atoms with van der Waals surface area (Å²) < 4.78 is 1.84. The minimum atomic E-state index is 0.00573. The van der Waals surface area contributed by atoms with Gasteiger partial charge in [-0.3, -0.25) is 4.79 Å². The van der Waals surface area contributed by atoms with Crippen LogP contribution in [0, 0.1) is 0 Å². The third-order valence-corrected chi connectivity index (χ3v) is 5.42. The van der Waals surface area contributed by atoms with Crippen molar-refractivity contribution < 1.29 is 4.79 Å². The Morgan fingerprint density at radius 1 is 1.09 bits per heavy atom. The molecule has 0 saturated carbocycles. The summed E-state index contributed by atoms with van der Waals surface area (Å²) in [5.74, 6) is 1.74. The van der Waals surface area contributed by atoms with Crippen LogP contribution in [0.5, 0.6) is 0 Å². The number of rotatable bonds is 10. The third kappa shape index (κ3) is 5.28. The van der Waals surface area contributed by atoms with Crippen LogP contribution in [-0.2, 0) is 13.0 Å². The van der Waals surface area contributed by atoms with Crippen LogP contribution in [0.4, 0.5) is 0 Å². The summed E-state index contributed by atoms with van der Waals surface area (Å²) in [6.45, 7) is 4.59. The van der Waals surface area contributed by atoms with E-state index in [9.17, 15) is 4.79 Å². The zero-order chi connectivity index (χ0) is 23.0. The van der Waals surface area contributed by atoms with Crippen LogP contribution in [-0.4, -0.2) is 41.2 Å². The summed E-state index contributed by atoms with van der Waals surface area (Å²) in [7, 11) is 0. The Morgan fingerprint density at radius 2 is 1.88 bits per heavy atom. The highest BCUT2D eigenvalue weighted by molar-refractivity contribution is 5.92. The molecule has 0 aliphatic carbocycles. The van der Waals surface area contributed by atoms with E-state index in [4.69, 9.17) is 0 Å². The van der Waals surface area contributed by atoms with Crippen molar-refractivity contribution in [2.24, 2.45) is 0 Å². The first-order valence-electron chi connectivity index (χ1n) is 11.2. The number of tetrazole rings is 1. The number of H-pyrrole nitrogens is 1. The normalized spacial score (nSPS) is 11.3. The third-order valence-electron chi connectivity index (χ3n) is 5.42. The zero-order valence-corrected chi connectivity index (χ0v) is 18.9. The van der Waals surface area contributed by atoms with Gasteiger partial charge in [0.2, 0.25) is 11.6 Å². The first-order chi connectivity index (χ1) is 16.2. The fraction of sp³-hybridized carbons (Fsp3) is 0.280. The number of aromatic nitrogens is 7. The Kier molecular flexibility index (Phi) is 7.14. The number of hydrogen-bond donors (Lipinski definition) is 1. The van der Waals surface area contributed by atoms with E-state index in [1.165, 1.54) is 0 Å². The van der Waals surface area contributed by atoms with Crippen molar-refractivity contribution in [2.75, 3.05) is 0 Å². The highest BCUT2D eigenvalue weighted by Crippen LogP contribution is 2.29. The quantitative estimate of drug-likeness (QED) is 0.283. The molecular formula is C25H27N7O. The number of unbranched alkanes of at least 4 members (excludes halogenated alkanes) is 1. The molecule has 0 bridgehead atoms. The highest BCUT2D eigenvalue weighted by Gasteiger charge is 2.16. The molecule has 0 fully saturated rings. The van der Waals surface area contributed by atoms with Gasteiger partial charge in [-0.2, -0.15) is 0 Å². The molecule has 4 aromatic rings. The van der Waals surface area contributed by atoms with Crippen LogP contribution in [0.15, 0.2) is 60.7 Å². The molecule has 0 unspecified atom stereocenters. The Bertz CT molecular complexity index is 1220. The van der Waals surface area contributed by atoms with Crippen LogP contribution in [0.1, 0.15) is 55.1 Å². The van der Waals surface area contributed by atoms with Crippen molar-refractivity contribution >= 4 is 5.78 Å². The van der Waals surface area contributed by atoms with E-state index in [1.807, 2.05) is 48.0 Å². The van der Waals surface area contributed by atoms with Crippen molar-refractivity contribution in [1.82, 2.24) is 35.4 Å². The van der Waals surface area contributed by atoms with Gasteiger partial charge in [-0.1, -0.05) is 74.0 Å². The molecule has 2 aromatic carbocycles. The lowest BCUT2D eigenvalue weighted by Crippen LogP contribution is -2.07. The standard InChI is InChI=1S/C25H27N7O/c1-3-5-11-22(33)25-26-23(12-6-4-2)32(29-25)17-18-13-15-19(16-14-18)20-9-7-8-10-21(20)24-27-30-31-28-24/h4,6-10,13-16H,3,5,11-12,17H2,1-2H3,(H,27,28,30,31). The maximum absolute atomic E-state index is 12.5. The number of nitrogens with zero attached hydrogens (tertiary/aromatic N) is 6. The van der Waals surface area contributed by atoms with Gasteiger partial charge in [0.25, 0.3) is 0 Å². The van der Waals surface area contributed by atoms with Gasteiger partial charge in [0.1, 0.15) is 5.82 Å². The van der Waals surface area contributed by atoms with E-state index < -0.39 is 0 Å². The van der Waals surface area contributed by atoms with Crippen molar-refractivity contribution in [1.29, 1.82) is 0 Å². The minimum Gasteiger partial charge on any atom is -0.291 e. The van der Waals surface area contributed by atoms with Crippen molar-refractivity contribution in [3.8, 4) is 22.5 Å². The first kappa shape index (κ1) is 22.3. The largest absolute Gasteiger partial charge is 0.291 e. The summed E-state index contributed by atoms with van der Waals surface area (Å²) >= 11 is 0. The Balaban J connectivity index is 1.57. The Hall–Kier alpha value is -3.94. The van der Waals surface area contributed by atoms with E-state index in [1.54, 1.807) is 0 Å². The topological polar surface area (TPSA) is 102 Å². The lowest BCUT2D eigenvalue weighted by atomic mass is 9.98. The lowest BCUT2D eigenvalue weighted by molar-refractivity contribution is 0.0969. The van der Waals surface area contributed by atoms with Crippen LogP contribution >= 0.6 is 0 Å². The number of allylic oxidation sites excluding steroid dienone is 2. The fourth-order valence-electron chi connectivity index (χ4n) is 3.62. The summed E-state index contributed by atoms with van der Waals surface area (Å²) in [4.78, 5) is 17.0. The SMILES string of the molecule is CC=CCc1nc(C(=O)CCCC)nn1Cc1ccc(-c2ccccc2-c2nnn[nH]2)cc1. The molecule has 0 aliphatic rings. The molecule has 0 amide bonds. The van der Waals surface area contributed by atoms with Gasteiger partial charge in [0.05, 0.1) is 6.54 Å². The number of Topliss-reactive ketones (excluding diaryl/α,β-unsaturated/α-hetero) is 1. The smallest absolute Gasteiger partial charge is 0.217 e. The second kappa shape index (κ2) is 10.6. The van der Waals surface area contributed by atoms with Gasteiger partial charge in [0.15, 0.2) is 5.82 Å². The molecule has 0 spiro atoms. The second-order valence-corrected chi connectivity index (χ2v) is 7.80. The number of hydrogen-bond acceptors (Lipinski definition) is 6. The summed E-state index contributed by atoms with van der Waals surface area (Å²) in [5.41, 5.74) is 4.13. The molecule has 8 nitrogen and oxygen atoms in total. The number of benzene rings is 2. The number of aromatic amines is 1. The van der Waals surface area contributed by atoms with E-state index >= 15 is 0 Å². The van der Waals surface area contributed by atoms with Crippen molar-refractivity contribution in [3.05, 3.63) is 77.9 Å². The molecule has 8 heteroatoms. The van der Waals surface area contributed by atoms with Gasteiger partial charge in [-0.05, 0) is 40.5 Å². The molecule has 4 rings (SSSR count). The molecule has 0 radical (unpaired) electrons. The highest BCUT2D eigenvalue weighted by atomic mass is 16.1. The average molecular weight is 442 g/mol. The average Bonchev–Trinajstić information content (AvgIpc) is 3.52. The fourth-order valence-corrected chi connectivity index (χ4v) is 3.62. The zero-order valence-electron chi connectivity index (χ0n) is 18.9. The van der Waals surface area contributed by atoms with Crippen LogP contribution < -0.4 is 0 Å². The van der Waals surface area contributed by atoms with E-state index in [0.717, 1.165) is 40.9 Å². The Morgan fingerprint density at radius 3 is 2.58 bits per heavy atom. The van der Waals surface area contributed by atoms with E-state index in [2.05, 4.69) is 61.9 Å². The molecule has 0 aliphatic heterocycles. The summed E-state index contributed by atoms with van der Waals surface area (Å²) in [6.07, 6.45) is 6.96.